The van der Waals surface area contributed by atoms with Gasteiger partial charge in [-0.1, -0.05) is 41.9 Å². The zero-order valence-corrected chi connectivity index (χ0v) is 18.7. The third-order valence-electron chi connectivity index (χ3n) is 5.11. The highest BCUT2D eigenvalue weighted by Crippen LogP contribution is 2.19. The van der Waals surface area contributed by atoms with Gasteiger partial charge in [0.15, 0.2) is 22.6 Å². The number of rotatable bonds is 5. The van der Waals surface area contributed by atoms with Crippen molar-refractivity contribution in [2.75, 3.05) is 25.0 Å². The molecular formula is C24H25ClF2N4O2. The smallest absolute Gasteiger partial charge is 0.410 e. The molecule has 0 aliphatic carbocycles. The second kappa shape index (κ2) is 12.7. The highest BCUT2D eigenvalue weighted by molar-refractivity contribution is 6.29. The van der Waals surface area contributed by atoms with Gasteiger partial charge in [0.25, 0.3) is 0 Å². The van der Waals surface area contributed by atoms with Crippen LogP contribution in [0.25, 0.3) is 0 Å². The van der Waals surface area contributed by atoms with Crippen molar-refractivity contribution in [3.8, 4) is 0 Å². The van der Waals surface area contributed by atoms with Gasteiger partial charge in [0.1, 0.15) is 6.61 Å². The molecule has 3 heterocycles. The third kappa shape index (κ3) is 7.98. The van der Waals surface area contributed by atoms with Gasteiger partial charge in [-0.25, -0.2) is 23.5 Å². The van der Waals surface area contributed by atoms with Crippen LogP contribution in [0.5, 0.6) is 0 Å². The summed E-state index contributed by atoms with van der Waals surface area (Å²) in [6.45, 7) is 2.26. The number of anilines is 1. The van der Waals surface area contributed by atoms with E-state index >= 15 is 0 Å². The van der Waals surface area contributed by atoms with Gasteiger partial charge in [-0.2, -0.15) is 0 Å². The number of hydrogen-bond donors (Lipinski definition) is 1. The largest absolute Gasteiger partial charge is 0.445 e. The molecule has 0 bridgehead atoms. The highest BCUT2D eigenvalue weighted by atomic mass is 35.5. The maximum Gasteiger partial charge on any atom is 0.410 e. The summed E-state index contributed by atoms with van der Waals surface area (Å²) in [5.74, 6) is -0.148. The van der Waals surface area contributed by atoms with Crippen molar-refractivity contribution in [2.45, 2.75) is 19.4 Å². The molecule has 1 amide bonds. The Labute approximate surface area is 196 Å². The molecule has 4 rings (SSSR count). The molecule has 0 saturated carbocycles. The zero-order valence-electron chi connectivity index (χ0n) is 18.0. The normalized spacial score (nSPS) is 13.6. The molecule has 33 heavy (non-hydrogen) atoms. The van der Waals surface area contributed by atoms with Crippen molar-refractivity contribution >= 4 is 23.5 Å². The van der Waals surface area contributed by atoms with E-state index in [4.69, 9.17) is 16.3 Å². The first-order valence-electron chi connectivity index (χ1n) is 10.6. The maximum atomic E-state index is 13.5. The van der Waals surface area contributed by atoms with Crippen LogP contribution in [0.4, 0.5) is 19.4 Å². The van der Waals surface area contributed by atoms with Gasteiger partial charge in [-0.3, -0.25) is 0 Å². The Morgan fingerprint density at radius 3 is 2.27 bits per heavy atom. The summed E-state index contributed by atoms with van der Waals surface area (Å²) in [5.41, 5.74) is 0.979. The van der Waals surface area contributed by atoms with Gasteiger partial charge in [-0.15, -0.1) is 0 Å². The van der Waals surface area contributed by atoms with E-state index in [9.17, 15) is 13.6 Å². The number of pyridine rings is 2. The minimum Gasteiger partial charge on any atom is -0.445 e. The van der Waals surface area contributed by atoms with Crippen molar-refractivity contribution in [3.05, 3.63) is 89.3 Å². The number of halogens is 3. The number of aromatic nitrogens is 2. The average Bonchev–Trinajstić information content (AvgIpc) is 2.85. The molecule has 2 aromatic heterocycles. The first kappa shape index (κ1) is 24.4. The van der Waals surface area contributed by atoms with Crippen LogP contribution in [-0.4, -0.2) is 40.6 Å². The van der Waals surface area contributed by atoms with Crippen molar-refractivity contribution < 1.29 is 18.3 Å². The standard InChI is InChI=1S/C19H22FN3O2.C5H3ClFN/c20-17-7-4-10-21-18(17)22-13-15-8-11-23(12-9-15)19(24)25-14-16-5-2-1-3-6-16;6-5-4(7)2-1-3-8-5/h1-7,10,15H,8-9,11-14H2,(H,21,22);1-3H. The van der Waals surface area contributed by atoms with E-state index in [1.165, 1.54) is 24.4 Å². The lowest BCUT2D eigenvalue weighted by Gasteiger charge is -2.31. The van der Waals surface area contributed by atoms with E-state index in [-0.39, 0.29) is 22.9 Å². The molecule has 0 spiro atoms. The summed E-state index contributed by atoms with van der Waals surface area (Å²) in [5, 5.41) is 2.98. The molecule has 174 valence electrons. The summed E-state index contributed by atoms with van der Waals surface area (Å²) in [6.07, 6.45) is 4.46. The molecule has 9 heteroatoms. The molecule has 0 radical (unpaired) electrons. The van der Waals surface area contributed by atoms with Crippen molar-refractivity contribution in [1.82, 2.24) is 14.9 Å². The van der Waals surface area contributed by atoms with Crippen molar-refractivity contribution in [3.63, 3.8) is 0 Å². The summed E-state index contributed by atoms with van der Waals surface area (Å²) in [4.78, 5) is 21.3. The third-order valence-corrected chi connectivity index (χ3v) is 5.39. The van der Waals surface area contributed by atoms with E-state index in [0.29, 0.717) is 32.2 Å². The van der Waals surface area contributed by atoms with Gasteiger partial charge in [-0.05, 0) is 48.6 Å². The first-order valence-corrected chi connectivity index (χ1v) is 11.0. The number of hydrogen-bond acceptors (Lipinski definition) is 5. The molecule has 1 aliphatic heterocycles. The maximum absolute atomic E-state index is 13.5. The average molecular weight is 475 g/mol. The molecule has 1 fully saturated rings. The van der Waals surface area contributed by atoms with Crippen LogP contribution in [0.15, 0.2) is 67.0 Å². The van der Waals surface area contributed by atoms with Crippen molar-refractivity contribution in [2.24, 2.45) is 5.92 Å². The molecule has 0 unspecified atom stereocenters. The number of likely N-dealkylation sites (tertiary alicyclic amines) is 1. The number of benzene rings is 1. The van der Waals surface area contributed by atoms with Gasteiger partial charge < -0.3 is 15.0 Å². The number of carbonyl (C=O) groups is 1. The quantitative estimate of drug-likeness (QED) is 0.491. The van der Waals surface area contributed by atoms with Gasteiger partial charge in [0.05, 0.1) is 0 Å². The molecule has 1 saturated heterocycles. The lowest BCUT2D eigenvalue weighted by atomic mass is 9.97. The van der Waals surface area contributed by atoms with Crippen molar-refractivity contribution in [1.29, 1.82) is 0 Å². The number of ether oxygens (including phenoxy) is 1. The summed E-state index contributed by atoms with van der Waals surface area (Å²) in [6, 6.07) is 15.3. The second-order valence-corrected chi connectivity index (χ2v) is 7.82. The predicted octanol–water partition coefficient (Wildman–Crippen LogP) is 5.56. The SMILES string of the molecule is Fc1cccnc1Cl.O=C(OCc1ccccc1)N1CCC(CNc2ncccc2F)CC1. The fraction of sp³-hybridized carbons (Fsp3) is 0.292. The fourth-order valence-electron chi connectivity index (χ4n) is 3.25. The van der Waals surface area contributed by atoms with Gasteiger partial charge >= 0.3 is 6.09 Å². The number of carbonyl (C=O) groups excluding carboxylic acids is 1. The highest BCUT2D eigenvalue weighted by Gasteiger charge is 2.24. The van der Waals surface area contributed by atoms with Crippen LogP contribution in [0.2, 0.25) is 5.15 Å². The van der Waals surface area contributed by atoms with Gasteiger partial charge in [0.2, 0.25) is 0 Å². The number of piperidine rings is 1. The Morgan fingerprint density at radius 1 is 1.00 bits per heavy atom. The lowest BCUT2D eigenvalue weighted by Crippen LogP contribution is -2.40. The topological polar surface area (TPSA) is 67.3 Å². The zero-order chi connectivity index (χ0) is 23.5. The van der Waals surface area contributed by atoms with Crippen LogP contribution in [0.3, 0.4) is 0 Å². The monoisotopic (exact) mass is 474 g/mol. The molecule has 0 atom stereocenters. The molecule has 1 aromatic carbocycles. The van der Waals surface area contributed by atoms with E-state index in [1.807, 2.05) is 30.3 Å². The van der Waals surface area contributed by atoms with E-state index in [0.717, 1.165) is 18.4 Å². The minimum absolute atomic E-state index is 0.0764. The summed E-state index contributed by atoms with van der Waals surface area (Å²) < 4.78 is 31.0. The van der Waals surface area contributed by atoms with Crippen LogP contribution in [0.1, 0.15) is 18.4 Å². The second-order valence-electron chi connectivity index (χ2n) is 7.46. The molecular weight excluding hydrogens is 450 g/mol. The summed E-state index contributed by atoms with van der Waals surface area (Å²) in [7, 11) is 0. The molecule has 6 nitrogen and oxygen atoms in total. The molecule has 1 N–H and O–H groups in total. The fourth-order valence-corrected chi connectivity index (χ4v) is 3.37. The Hall–Kier alpha value is -3.26. The Balaban J connectivity index is 0.000000323. The van der Waals surface area contributed by atoms with Crippen LogP contribution < -0.4 is 5.32 Å². The first-order chi connectivity index (χ1) is 16.0. The van der Waals surface area contributed by atoms with E-state index < -0.39 is 5.82 Å². The predicted molar refractivity (Wildman–Crippen MR) is 123 cm³/mol. The number of nitrogens with zero attached hydrogens (tertiary/aromatic N) is 3. The Bertz CT molecular complexity index is 997. The molecule has 3 aromatic rings. The van der Waals surface area contributed by atoms with E-state index in [1.54, 1.807) is 17.2 Å². The number of nitrogens with one attached hydrogen (secondary N) is 1. The lowest BCUT2D eigenvalue weighted by molar-refractivity contribution is 0.0832. The van der Waals surface area contributed by atoms with Crippen LogP contribution in [0, 0.1) is 17.6 Å². The summed E-state index contributed by atoms with van der Waals surface area (Å²) >= 11 is 5.22. The van der Waals surface area contributed by atoms with E-state index in [2.05, 4.69) is 15.3 Å². The Morgan fingerprint density at radius 2 is 1.67 bits per heavy atom. The number of amides is 1. The van der Waals surface area contributed by atoms with Gasteiger partial charge in [0, 0.05) is 32.0 Å². The minimum atomic E-state index is -0.478. The Kier molecular flexibility index (Phi) is 9.38. The van der Waals surface area contributed by atoms with Crippen LogP contribution >= 0.6 is 11.6 Å². The van der Waals surface area contributed by atoms with Crippen LogP contribution in [-0.2, 0) is 11.3 Å². The molecule has 1 aliphatic rings.